The van der Waals surface area contributed by atoms with E-state index in [1.165, 1.54) is 0 Å². The number of carbonyl (C=O) groups is 1. The van der Waals surface area contributed by atoms with E-state index >= 15 is 0 Å². The Morgan fingerprint density at radius 3 is 2.50 bits per heavy atom. The first-order valence-electron chi connectivity index (χ1n) is 11.4. The van der Waals surface area contributed by atoms with E-state index in [9.17, 15) is 4.79 Å². The van der Waals surface area contributed by atoms with Crippen LogP contribution in [0.15, 0.2) is 71.1 Å². The van der Waals surface area contributed by atoms with Crippen LogP contribution in [0.3, 0.4) is 0 Å². The van der Waals surface area contributed by atoms with Crippen molar-refractivity contribution >= 4 is 27.6 Å². The monoisotopic (exact) mass is 452 g/mol. The molecular weight excluding hydrogens is 428 g/mol. The lowest BCUT2D eigenvalue weighted by Crippen LogP contribution is -2.48. The molecule has 3 aromatic carbocycles. The Morgan fingerprint density at radius 2 is 1.68 bits per heavy atom. The lowest BCUT2D eigenvalue weighted by molar-refractivity contribution is 0.0595. The highest BCUT2D eigenvalue weighted by atomic mass is 16.3. The van der Waals surface area contributed by atoms with Crippen LogP contribution in [0.1, 0.15) is 21.9 Å². The summed E-state index contributed by atoms with van der Waals surface area (Å²) in [5, 5.41) is 15.3. The van der Waals surface area contributed by atoms with Gasteiger partial charge in [0.1, 0.15) is 5.58 Å². The number of fused-ring (bicyclic) bond motifs is 3. The molecule has 1 aliphatic rings. The number of carbonyl (C=O) groups excluding carboxylic acids is 1. The molecule has 0 spiro atoms. The van der Waals surface area contributed by atoms with E-state index in [1.54, 1.807) is 4.68 Å². The molecule has 0 saturated carbocycles. The molecule has 1 saturated heterocycles. The Hall–Kier alpha value is -4.04. The minimum atomic E-state index is -0.0495. The van der Waals surface area contributed by atoms with Crippen LogP contribution in [0.4, 0.5) is 0 Å². The predicted molar refractivity (Wildman–Crippen MR) is 129 cm³/mol. The lowest BCUT2D eigenvalue weighted by Gasteiger charge is -2.34. The number of amides is 1. The molecule has 5 aromatic rings. The minimum absolute atomic E-state index is 0.0495. The Bertz CT molecular complexity index is 1480. The van der Waals surface area contributed by atoms with Gasteiger partial charge in [0.05, 0.1) is 12.2 Å². The number of aromatic nitrogens is 4. The normalized spacial score (nSPS) is 14.8. The van der Waals surface area contributed by atoms with Gasteiger partial charge in [-0.25, -0.2) is 0 Å². The molecule has 0 unspecified atom stereocenters. The van der Waals surface area contributed by atoms with Crippen LogP contribution in [-0.2, 0) is 6.54 Å². The number of nitrogens with zero attached hydrogens (tertiary/aromatic N) is 6. The van der Waals surface area contributed by atoms with E-state index in [-0.39, 0.29) is 5.91 Å². The number of piperazine rings is 1. The average Bonchev–Trinajstić information content (AvgIpc) is 3.49. The van der Waals surface area contributed by atoms with E-state index in [1.807, 2.05) is 66.4 Å². The summed E-state index contributed by atoms with van der Waals surface area (Å²) in [4.78, 5) is 17.5. The largest absolute Gasteiger partial charge is 0.450 e. The summed E-state index contributed by atoms with van der Waals surface area (Å²) in [6.45, 7) is 5.34. The van der Waals surface area contributed by atoms with Crippen molar-refractivity contribution in [3.05, 3.63) is 83.9 Å². The number of furan rings is 1. The summed E-state index contributed by atoms with van der Waals surface area (Å²) >= 11 is 0. The number of aryl methyl sites for hydroxylation is 1. The van der Waals surface area contributed by atoms with E-state index in [0.29, 0.717) is 25.4 Å². The SMILES string of the molecule is Cc1c(C(=O)N2CCN(Cc3nnnn3-c3ccccc3)CC2)oc2c1ccc1ccccc12. The molecular formula is C26H24N6O2. The maximum atomic E-state index is 13.4. The van der Waals surface area contributed by atoms with E-state index in [0.717, 1.165) is 51.9 Å². The van der Waals surface area contributed by atoms with Crippen LogP contribution in [0.5, 0.6) is 0 Å². The molecule has 2 aromatic heterocycles. The fraction of sp³-hybridized carbons (Fsp3) is 0.231. The molecule has 0 radical (unpaired) electrons. The maximum Gasteiger partial charge on any atom is 0.289 e. The van der Waals surface area contributed by atoms with Crippen molar-refractivity contribution in [3.8, 4) is 5.69 Å². The summed E-state index contributed by atoms with van der Waals surface area (Å²) in [6.07, 6.45) is 0. The van der Waals surface area contributed by atoms with Crippen molar-refractivity contribution in [1.82, 2.24) is 30.0 Å². The zero-order chi connectivity index (χ0) is 23.1. The number of tetrazole rings is 1. The molecule has 3 heterocycles. The quantitative estimate of drug-likeness (QED) is 0.412. The number of rotatable bonds is 4. The molecule has 34 heavy (non-hydrogen) atoms. The first-order chi connectivity index (χ1) is 16.7. The van der Waals surface area contributed by atoms with Crippen LogP contribution in [0.25, 0.3) is 27.4 Å². The summed E-state index contributed by atoms with van der Waals surface area (Å²) in [6, 6.07) is 22.1. The van der Waals surface area contributed by atoms with Crippen molar-refractivity contribution in [3.63, 3.8) is 0 Å². The van der Waals surface area contributed by atoms with Gasteiger partial charge in [0.2, 0.25) is 0 Å². The summed E-state index contributed by atoms with van der Waals surface area (Å²) in [7, 11) is 0. The Morgan fingerprint density at radius 1 is 0.912 bits per heavy atom. The first-order valence-corrected chi connectivity index (χ1v) is 11.4. The molecule has 1 amide bonds. The van der Waals surface area contributed by atoms with Crippen LogP contribution >= 0.6 is 0 Å². The van der Waals surface area contributed by atoms with Crippen LogP contribution in [0.2, 0.25) is 0 Å². The molecule has 0 atom stereocenters. The fourth-order valence-electron chi connectivity index (χ4n) is 4.68. The third-order valence-electron chi connectivity index (χ3n) is 6.58. The van der Waals surface area contributed by atoms with Gasteiger partial charge in [-0.1, -0.05) is 54.6 Å². The topological polar surface area (TPSA) is 80.3 Å². The number of hydrogen-bond acceptors (Lipinski definition) is 6. The highest BCUT2D eigenvalue weighted by molar-refractivity contribution is 6.08. The first kappa shape index (κ1) is 20.6. The van der Waals surface area contributed by atoms with Gasteiger partial charge in [-0.2, -0.15) is 4.68 Å². The van der Waals surface area contributed by atoms with Crippen molar-refractivity contribution in [2.24, 2.45) is 0 Å². The third-order valence-corrected chi connectivity index (χ3v) is 6.58. The standard InChI is InChI=1S/C26H24N6O2/c1-18-21-12-11-19-7-5-6-10-22(19)25(21)34-24(18)26(33)31-15-13-30(14-16-31)17-23-27-28-29-32(23)20-8-3-2-4-9-20/h2-12H,13-17H2,1H3. The van der Waals surface area contributed by atoms with Crippen LogP contribution in [-0.4, -0.2) is 62.1 Å². The second-order valence-electron chi connectivity index (χ2n) is 8.63. The highest BCUT2D eigenvalue weighted by Crippen LogP contribution is 2.32. The van der Waals surface area contributed by atoms with Gasteiger partial charge in [0.15, 0.2) is 11.6 Å². The molecule has 0 N–H and O–H groups in total. The Kier molecular flexibility index (Phi) is 5.07. The summed E-state index contributed by atoms with van der Waals surface area (Å²) in [5.41, 5.74) is 2.62. The van der Waals surface area contributed by atoms with Gasteiger partial charge in [-0.3, -0.25) is 9.69 Å². The van der Waals surface area contributed by atoms with Gasteiger partial charge in [-0.05, 0) is 34.9 Å². The van der Waals surface area contributed by atoms with E-state index in [4.69, 9.17) is 4.42 Å². The molecule has 8 nitrogen and oxygen atoms in total. The van der Waals surface area contributed by atoms with Gasteiger partial charge < -0.3 is 9.32 Å². The maximum absolute atomic E-state index is 13.4. The highest BCUT2D eigenvalue weighted by Gasteiger charge is 2.28. The predicted octanol–water partition coefficient (Wildman–Crippen LogP) is 3.83. The Balaban J connectivity index is 1.17. The zero-order valence-corrected chi connectivity index (χ0v) is 18.9. The minimum Gasteiger partial charge on any atom is -0.450 e. The van der Waals surface area contributed by atoms with E-state index in [2.05, 4.69) is 32.6 Å². The molecule has 8 heteroatoms. The van der Waals surface area contributed by atoms with Crippen molar-refractivity contribution in [1.29, 1.82) is 0 Å². The summed E-state index contributed by atoms with van der Waals surface area (Å²) in [5.74, 6) is 1.17. The van der Waals surface area contributed by atoms with Crippen LogP contribution < -0.4 is 0 Å². The van der Waals surface area contributed by atoms with Crippen molar-refractivity contribution < 1.29 is 9.21 Å². The number of hydrogen-bond donors (Lipinski definition) is 0. The molecule has 1 aliphatic heterocycles. The van der Waals surface area contributed by atoms with Gasteiger partial charge >= 0.3 is 0 Å². The third kappa shape index (κ3) is 3.52. The smallest absolute Gasteiger partial charge is 0.289 e. The second-order valence-corrected chi connectivity index (χ2v) is 8.63. The second kappa shape index (κ2) is 8.39. The van der Waals surface area contributed by atoms with Gasteiger partial charge in [0, 0.05) is 42.5 Å². The number of benzene rings is 3. The molecule has 170 valence electrons. The fourth-order valence-corrected chi connectivity index (χ4v) is 4.68. The molecule has 1 fully saturated rings. The Labute approximate surface area is 196 Å². The van der Waals surface area contributed by atoms with E-state index < -0.39 is 0 Å². The number of para-hydroxylation sites is 1. The van der Waals surface area contributed by atoms with Gasteiger partial charge in [0.25, 0.3) is 5.91 Å². The van der Waals surface area contributed by atoms with Gasteiger partial charge in [-0.15, -0.1) is 5.10 Å². The average molecular weight is 453 g/mol. The summed E-state index contributed by atoms with van der Waals surface area (Å²) < 4.78 is 7.93. The van der Waals surface area contributed by atoms with Crippen molar-refractivity contribution in [2.75, 3.05) is 26.2 Å². The molecule has 6 rings (SSSR count). The lowest BCUT2D eigenvalue weighted by atomic mass is 10.1. The molecule has 0 bridgehead atoms. The zero-order valence-electron chi connectivity index (χ0n) is 18.9. The van der Waals surface area contributed by atoms with Crippen molar-refractivity contribution in [2.45, 2.75) is 13.5 Å². The van der Waals surface area contributed by atoms with Crippen LogP contribution in [0, 0.1) is 6.92 Å². The molecule has 0 aliphatic carbocycles.